The smallest absolute Gasteiger partial charge is 0.341 e. The molecule has 8 nitrogen and oxygen atoms in total. The molecule has 8 heteroatoms. The lowest BCUT2D eigenvalue weighted by molar-refractivity contribution is -0.158. The van der Waals surface area contributed by atoms with Crippen LogP contribution < -0.4 is 10.5 Å². The van der Waals surface area contributed by atoms with E-state index in [9.17, 15) is 19.2 Å². The van der Waals surface area contributed by atoms with Crippen molar-refractivity contribution in [1.29, 1.82) is 0 Å². The Morgan fingerprint density at radius 3 is 2.17 bits per heavy atom. The van der Waals surface area contributed by atoms with Crippen LogP contribution in [-0.4, -0.2) is 54.3 Å². The number of barbiturate groups is 1. The van der Waals surface area contributed by atoms with Gasteiger partial charge in [-0.05, 0) is 51.0 Å². The van der Waals surface area contributed by atoms with Gasteiger partial charge in [0.1, 0.15) is 5.58 Å². The van der Waals surface area contributed by atoms with E-state index < -0.39 is 34.9 Å². The van der Waals surface area contributed by atoms with Crippen LogP contribution in [0.15, 0.2) is 21.3 Å². The summed E-state index contributed by atoms with van der Waals surface area (Å²) in [7, 11) is 2.73. The fourth-order valence-corrected chi connectivity index (χ4v) is 4.88. The van der Waals surface area contributed by atoms with Gasteiger partial charge in [-0.3, -0.25) is 19.4 Å². The lowest BCUT2D eigenvalue weighted by Gasteiger charge is -2.51. The molecule has 2 aliphatic rings. The second-order valence-electron chi connectivity index (χ2n) is 8.27. The molecule has 0 saturated carbocycles. The van der Waals surface area contributed by atoms with Crippen molar-refractivity contribution in [3.63, 3.8) is 0 Å². The van der Waals surface area contributed by atoms with Crippen LogP contribution in [0.5, 0.6) is 0 Å². The molecular formula is C22H25N3O5. The lowest BCUT2D eigenvalue weighted by Crippen LogP contribution is -2.71. The Bertz CT molecular complexity index is 1160. The number of hydrogen-bond acceptors (Lipinski definition) is 6. The summed E-state index contributed by atoms with van der Waals surface area (Å²) in [6.45, 7) is 8.13. The van der Waals surface area contributed by atoms with E-state index in [2.05, 4.69) is 0 Å². The average Bonchev–Trinajstić information content (AvgIpc) is 2.71. The second-order valence-corrected chi connectivity index (χ2v) is 8.27. The molecule has 0 bridgehead atoms. The van der Waals surface area contributed by atoms with Crippen molar-refractivity contribution < 1.29 is 18.8 Å². The molecular weight excluding hydrogens is 386 g/mol. The van der Waals surface area contributed by atoms with Gasteiger partial charge in [0, 0.05) is 38.5 Å². The van der Waals surface area contributed by atoms with Gasteiger partial charge in [0.2, 0.25) is 11.8 Å². The molecule has 1 unspecified atom stereocenters. The van der Waals surface area contributed by atoms with Crippen LogP contribution in [0.25, 0.3) is 11.0 Å². The van der Waals surface area contributed by atoms with Crippen LogP contribution in [0.3, 0.4) is 0 Å². The quantitative estimate of drug-likeness (QED) is 0.528. The van der Waals surface area contributed by atoms with Gasteiger partial charge in [0.15, 0.2) is 5.41 Å². The van der Waals surface area contributed by atoms with E-state index in [0.717, 1.165) is 26.3 Å². The Labute approximate surface area is 174 Å². The summed E-state index contributed by atoms with van der Waals surface area (Å²) >= 11 is 0. The third-order valence-corrected chi connectivity index (χ3v) is 6.80. The Morgan fingerprint density at radius 2 is 1.60 bits per heavy atom. The van der Waals surface area contributed by atoms with Crippen molar-refractivity contribution in [1.82, 2.24) is 9.80 Å². The van der Waals surface area contributed by atoms with Crippen molar-refractivity contribution in [3.8, 4) is 0 Å². The highest BCUT2D eigenvalue weighted by atomic mass is 16.4. The van der Waals surface area contributed by atoms with Gasteiger partial charge in [0.05, 0.1) is 11.3 Å². The zero-order chi connectivity index (χ0) is 22.1. The van der Waals surface area contributed by atoms with Crippen LogP contribution in [0.1, 0.15) is 30.5 Å². The molecule has 4 rings (SSSR count). The summed E-state index contributed by atoms with van der Waals surface area (Å²) in [6, 6.07) is 2.59. The Hall–Kier alpha value is -3.16. The highest BCUT2D eigenvalue weighted by Crippen LogP contribution is 2.46. The zero-order valence-electron chi connectivity index (χ0n) is 18.0. The molecule has 1 saturated heterocycles. The number of urea groups is 1. The van der Waals surface area contributed by atoms with Crippen molar-refractivity contribution in [3.05, 3.63) is 39.2 Å². The number of carbonyl (C=O) groups excluding carboxylic acids is 3. The molecule has 1 aromatic carbocycles. The number of hydrogen-bond donors (Lipinski definition) is 0. The number of fused-ring (bicyclic) bond motifs is 3. The Balaban J connectivity index is 2.05. The fraction of sp³-hybridized carbons (Fsp3) is 0.455. The first kappa shape index (κ1) is 20.1. The molecule has 2 aliphatic heterocycles. The standard InChI is InChI=1S/C22H25N3O5/c1-7-25-13(4)22(19(27)23(5)21(29)24(6)20(22)28)10-15-17(25)14-8-11(2)12(3)9-16(14)30-18(15)26/h8-9,13H,7,10H2,1-6H3. The maximum absolute atomic E-state index is 13.3. The number of nitrogens with zero attached hydrogens (tertiary/aromatic N) is 3. The zero-order valence-corrected chi connectivity index (χ0v) is 18.0. The molecule has 2 aromatic rings. The van der Waals surface area contributed by atoms with Crippen LogP contribution in [0.4, 0.5) is 10.5 Å². The van der Waals surface area contributed by atoms with E-state index in [-0.39, 0.29) is 6.42 Å². The van der Waals surface area contributed by atoms with Gasteiger partial charge in [-0.2, -0.15) is 0 Å². The first-order valence-corrected chi connectivity index (χ1v) is 10.00. The third kappa shape index (κ3) is 2.33. The normalized spacial score (nSPS) is 21.1. The Kier molecular flexibility index (Phi) is 4.31. The van der Waals surface area contributed by atoms with Crippen molar-refractivity contribution in [2.75, 3.05) is 25.5 Å². The summed E-state index contributed by atoms with van der Waals surface area (Å²) in [4.78, 5) is 55.8. The largest absolute Gasteiger partial charge is 0.422 e. The van der Waals surface area contributed by atoms with Crippen molar-refractivity contribution in [2.45, 2.75) is 40.2 Å². The number of aryl methyl sites for hydroxylation is 2. The molecule has 1 aromatic heterocycles. The summed E-state index contributed by atoms with van der Waals surface area (Å²) in [5.74, 6) is -1.18. The highest BCUT2D eigenvalue weighted by molar-refractivity contribution is 6.20. The first-order chi connectivity index (χ1) is 14.1. The molecule has 1 spiro atoms. The average molecular weight is 411 g/mol. The van der Waals surface area contributed by atoms with Gasteiger partial charge >= 0.3 is 11.7 Å². The SMILES string of the molecule is CCN1c2c(c(=O)oc3cc(C)c(C)cc23)CC2(C(=O)N(C)C(=O)N(C)C2=O)C1C. The van der Waals surface area contributed by atoms with E-state index in [4.69, 9.17) is 4.42 Å². The molecule has 30 heavy (non-hydrogen) atoms. The summed E-state index contributed by atoms with van der Waals surface area (Å²) in [5.41, 5.74) is 1.41. The van der Waals surface area contributed by atoms with Crippen LogP contribution in [0, 0.1) is 19.3 Å². The van der Waals surface area contributed by atoms with E-state index in [1.807, 2.05) is 37.8 Å². The van der Waals surface area contributed by atoms with Gasteiger partial charge in [0.25, 0.3) is 0 Å². The summed E-state index contributed by atoms with van der Waals surface area (Å²) < 4.78 is 5.60. The second kappa shape index (κ2) is 6.42. The minimum atomic E-state index is -1.57. The topological polar surface area (TPSA) is 91.1 Å². The molecule has 0 aliphatic carbocycles. The number of rotatable bonds is 1. The van der Waals surface area contributed by atoms with E-state index in [1.54, 1.807) is 6.92 Å². The fourth-order valence-electron chi connectivity index (χ4n) is 4.88. The van der Waals surface area contributed by atoms with Gasteiger partial charge in [-0.25, -0.2) is 9.59 Å². The number of imide groups is 2. The first-order valence-electron chi connectivity index (χ1n) is 10.00. The molecule has 1 atom stereocenters. The number of anilines is 1. The summed E-state index contributed by atoms with van der Waals surface area (Å²) in [6.07, 6.45) is -0.106. The van der Waals surface area contributed by atoms with E-state index in [1.165, 1.54) is 14.1 Å². The number of benzene rings is 1. The molecule has 1 fully saturated rings. The van der Waals surface area contributed by atoms with Gasteiger partial charge in [-0.15, -0.1) is 0 Å². The predicted octanol–water partition coefficient (Wildman–Crippen LogP) is 2.22. The molecule has 0 radical (unpaired) electrons. The molecule has 4 amide bonds. The maximum atomic E-state index is 13.3. The van der Waals surface area contributed by atoms with Crippen molar-refractivity contribution in [2.24, 2.45) is 5.41 Å². The third-order valence-electron chi connectivity index (χ3n) is 6.80. The monoisotopic (exact) mass is 411 g/mol. The van der Waals surface area contributed by atoms with Crippen LogP contribution in [-0.2, 0) is 16.0 Å². The lowest BCUT2D eigenvalue weighted by atomic mass is 9.68. The molecule has 0 N–H and O–H groups in total. The number of amides is 4. The van der Waals surface area contributed by atoms with Gasteiger partial charge in [-0.1, -0.05) is 0 Å². The highest BCUT2D eigenvalue weighted by Gasteiger charge is 2.62. The van der Waals surface area contributed by atoms with Crippen LogP contribution in [0.2, 0.25) is 0 Å². The van der Waals surface area contributed by atoms with Crippen LogP contribution >= 0.6 is 0 Å². The number of carbonyl (C=O) groups is 3. The van der Waals surface area contributed by atoms with E-state index >= 15 is 0 Å². The summed E-state index contributed by atoms with van der Waals surface area (Å²) in [5, 5.41) is 0.782. The molecule has 158 valence electrons. The minimum absolute atomic E-state index is 0.106. The molecule has 3 heterocycles. The predicted molar refractivity (Wildman–Crippen MR) is 112 cm³/mol. The van der Waals surface area contributed by atoms with Gasteiger partial charge < -0.3 is 9.32 Å². The maximum Gasteiger partial charge on any atom is 0.341 e. The van der Waals surface area contributed by atoms with Crippen molar-refractivity contribution >= 4 is 34.5 Å². The minimum Gasteiger partial charge on any atom is -0.422 e. The Morgan fingerprint density at radius 1 is 1.03 bits per heavy atom. The van der Waals surface area contributed by atoms with E-state index in [0.29, 0.717) is 23.4 Å².